The second kappa shape index (κ2) is 8.39. The molecule has 1 atom stereocenters. The van der Waals surface area contributed by atoms with Gasteiger partial charge in [0.05, 0.1) is 17.8 Å². The van der Waals surface area contributed by atoms with E-state index < -0.39 is 24.2 Å². The van der Waals surface area contributed by atoms with Gasteiger partial charge in [0, 0.05) is 17.8 Å². The number of aromatic nitrogens is 3. The van der Waals surface area contributed by atoms with Crippen molar-refractivity contribution in [3.8, 4) is 0 Å². The predicted molar refractivity (Wildman–Crippen MR) is 111 cm³/mol. The molecule has 0 spiro atoms. The molecule has 0 radical (unpaired) electrons. The van der Waals surface area contributed by atoms with E-state index in [1.807, 2.05) is 0 Å². The van der Waals surface area contributed by atoms with Crippen molar-refractivity contribution in [1.82, 2.24) is 19.9 Å². The molecule has 4 aromatic rings. The maximum atomic E-state index is 12.8. The number of benzene rings is 1. The first-order valence-corrected chi connectivity index (χ1v) is 10.00. The number of ether oxygens (including phenoxy) is 1. The van der Waals surface area contributed by atoms with Gasteiger partial charge in [-0.3, -0.25) is 4.79 Å². The highest BCUT2D eigenvalue weighted by molar-refractivity contribution is 6.36. The van der Waals surface area contributed by atoms with E-state index in [1.165, 1.54) is 23.0 Å². The minimum atomic E-state index is -4.71. The Labute approximate surface area is 189 Å². The normalized spacial score (nSPS) is 12.8. The number of alkyl halides is 3. The van der Waals surface area contributed by atoms with E-state index in [0.717, 1.165) is 6.92 Å². The summed E-state index contributed by atoms with van der Waals surface area (Å²) >= 11 is 6.38. The van der Waals surface area contributed by atoms with Crippen molar-refractivity contribution in [3.05, 3.63) is 64.3 Å². The van der Waals surface area contributed by atoms with E-state index in [4.69, 9.17) is 16.0 Å². The number of halogens is 4. The topological polar surface area (TPSA) is 98.7 Å². The first kappa shape index (κ1) is 22.6. The quantitative estimate of drug-likeness (QED) is 0.423. The number of carbonyl (C=O) groups excluding carboxylic acids is 2. The van der Waals surface area contributed by atoms with Gasteiger partial charge in [-0.15, -0.1) is 0 Å². The number of esters is 1. The molecule has 1 amide bonds. The number of hydrogen-bond acceptors (Lipinski definition) is 6. The van der Waals surface area contributed by atoms with E-state index in [9.17, 15) is 22.8 Å². The van der Waals surface area contributed by atoms with Gasteiger partial charge in [0.2, 0.25) is 0 Å². The number of nitrogens with zero attached hydrogens (tertiary/aromatic N) is 3. The molecule has 0 unspecified atom stereocenters. The fourth-order valence-electron chi connectivity index (χ4n) is 3.16. The van der Waals surface area contributed by atoms with Crippen molar-refractivity contribution in [2.45, 2.75) is 32.7 Å². The first-order chi connectivity index (χ1) is 15.6. The molecule has 0 bridgehead atoms. The molecule has 1 N–H and O–H groups in total. The molecule has 12 heteroatoms. The summed E-state index contributed by atoms with van der Waals surface area (Å²) in [6.45, 7) is 2.23. The van der Waals surface area contributed by atoms with Gasteiger partial charge in [-0.05, 0) is 37.6 Å². The van der Waals surface area contributed by atoms with E-state index in [-0.39, 0.29) is 34.0 Å². The Kier molecular flexibility index (Phi) is 5.75. The molecule has 0 saturated carbocycles. The average Bonchev–Trinajstić information content (AvgIpc) is 3.32. The number of amides is 1. The third kappa shape index (κ3) is 4.36. The zero-order valence-electron chi connectivity index (χ0n) is 17.2. The summed E-state index contributed by atoms with van der Waals surface area (Å²) in [4.78, 5) is 29.1. The van der Waals surface area contributed by atoms with Crippen LogP contribution in [0.15, 0.2) is 41.2 Å². The molecule has 33 heavy (non-hydrogen) atoms. The summed E-state index contributed by atoms with van der Waals surface area (Å²) in [7, 11) is 0. The highest BCUT2D eigenvalue weighted by Gasteiger charge is 2.39. The summed E-state index contributed by atoms with van der Waals surface area (Å²) in [5, 5.41) is 7.10. The SMILES string of the molecule is Cc1cc(C(=O)O[C@H](C)C(F)(F)F)c2oc(CNC(=O)c3cnn4cccnc34)c(Cl)c2c1. The Bertz CT molecular complexity index is 1380. The second-order valence-corrected chi connectivity index (χ2v) is 7.62. The molecular formula is C21H16ClF3N4O4. The van der Waals surface area contributed by atoms with Crippen LogP contribution in [-0.2, 0) is 11.3 Å². The van der Waals surface area contributed by atoms with Gasteiger partial charge in [-0.1, -0.05) is 11.6 Å². The number of carbonyl (C=O) groups is 2. The van der Waals surface area contributed by atoms with E-state index in [0.29, 0.717) is 16.6 Å². The van der Waals surface area contributed by atoms with Crippen molar-refractivity contribution in [2.24, 2.45) is 0 Å². The van der Waals surface area contributed by atoms with Crippen LogP contribution in [0.3, 0.4) is 0 Å². The monoisotopic (exact) mass is 480 g/mol. The van der Waals surface area contributed by atoms with Crippen LogP contribution in [-0.4, -0.2) is 38.8 Å². The standard InChI is InChI=1S/C21H16ClF3N4O4/c1-10-6-12-16(22)15(9-27-19(30)14-8-28-29-5-3-4-26-18(14)29)33-17(12)13(7-10)20(31)32-11(2)21(23,24)25/h3-8,11H,9H2,1-2H3,(H,27,30)/t11-/m1/s1. The fourth-order valence-corrected chi connectivity index (χ4v) is 3.41. The van der Waals surface area contributed by atoms with Crippen molar-refractivity contribution in [3.63, 3.8) is 0 Å². The summed E-state index contributed by atoms with van der Waals surface area (Å²) in [6.07, 6.45) is -2.49. The third-order valence-corrected chi connectivity index (χ3v) is 5.25. The third-order valence-electron chi connectivity index (χ3n) is 4.84. The molecule has 8 nitrogen and oxygen atoms in total. The van der Waals surface area contributed by atoms with Crippen LogP contribution < -0.4 is 5.32 Å². The van der Waals surface area contributed by atoms with Crippen LogP contribution in [0.25, 0.3) is 16.6 Å². The van der Waals surface area contributed by atoms with Crippen molar-refractivity contribution in [2.75, 3.05) is 0 Å². The molecule has 0 aliphatic rings. The van der Waals surface area contributed by atoms with E-state index in [1.54, 1.807) is 25.3 Å². The maximum absolute atomic E-state index is 12.8. The summed E-state index contributed by atoms with van der Waals surface area (Å²) in [6, 6.07) is 4.63. The number of fused-ring (bicyclic) bond motifs is 2. The van der Waals surface area contributed by atoms with Gasteiger partial charge in [-0.25, -0.2) is 14.3 Å². The Morgan fingerprint density at radius 1 is 1.30 bits per heavy atom. The Morgan fingerprint density at radius 2 is 2.06 bits per heavy atom. The molecule has 1 aromatic carbocycles. The molecule has 0 fully saturated rings. The summed E-state index contributed by atoms with van der Waals surface area (Å²) in [5.74, 6) is -1.57. The van der Waals surface area contributed by atoms with Crippen LogP contribution >= 0.6 is 11.6 Å². The number of hydrogen-bond donors (Lipinski definition) is 1. The zero-order chi connectivity index (χ0) is 23.9. The lowest BCUT2D eigenvalue weighted by molar-refractivity contribution is -0.198. The van der Waals surface area contributed by atoms with E-state index >= 15 is 0 Å². The lowest BCUT2D eigenvalue weighted by atomic mass is 10.1. The molecule has 0 aliphatic carbocycles. The number of nitrogens with one attached hydrogen (secondary N) is 1. The second-order valence-electron chi connectivity index (χ2n) is 7.25. The molecule has 172 valence electrons. The molecule has 3 aromatic heterocycles. The van der Waals surface area contributed by atoms with Crippen molar-refractivity contribution in [1.29, 1.82) is 0 Å². The van der Waals surface area contributed by atoms with Gasteiger partial charge in [0.15, 0.2) is 17.3 Å². The fraction of sp³-hybridized carbons (Fsp3) is 0.238. The lowest BCUT2D eigenvalue weighted by Crippen LogP contribution is -2.30. The minimum Gasteiger partial charge on any atom is -0.457 e. The molecule has 3 heterocycles. The molecule has 0 aliphatic heterocycles. The highest BCUT2D eigenvalue weighted by atomic mass is 35.5. The lowest BCUT2D eigenvalue weighted by Gasteiger charge is -2.16. The molecular weight excluding hydrogens is 465 g/mol. The first-order valence-electron chi connectivity index (χ1n) is 9.62. The summed E-state index contributed by atoms with van der Waals surface area (Å²) in [5.41, 5.74) is 0.901. The van der Waals surface area contributed by atoms with Crippen LogP contribution in [0.5, 0.6) is 0 Å². The predicted octanol–water partition coefficient (Wildman–Crippen LogP) is 4.47. The summed E-state index contributed by atoms with van der Waals surface area (Å²) < 4.78 is 50.1. The highest BCUT2D eigenvalue weighted by Crippen LogP contribution is 2.34. The maximum Gasteiger partial charge on any atom is 0.425 e. The van der Waals surface area contributed by atoms with Gasteiger partial charge in [0.25, 0.3) is 5.91 Å². The van der Waals surface area contributed by atoms with E-state index in [2.05, 4.69) is 20.1 Å². The van der Waals surface area contributed by atoms with Crippen LogP contribution in [0, 0.1) is 6.92 Å². The van der Waals surface area contributed by atoms with Crippen LogP contribution in [0.2, 0.25) is 5.02 Å². The van der Waals surface area contributed by atoms with Crippen molar-refractivity contribution >= 4 is 40.1 Å². The Balaban J connectivity index is 1.60. The Hall–Kier alpha value is -3.60. The number of furan rings is 1. The average molecular weight is 481 g/mol. The van der Waals surface area contributed by atoms with Gasteiger partial charge in [0.1, 0.15) is 16.9 Å². The minimum absolute atomic E-state index is 0.0353. The van der Waals surface area contributed by atoms with Gasteiger partial charge in [-0.2, -0.15) is 18.3 Å². The molecule has 0 saturated heterocycles. The van der Waals surface area contributed by atoms with Crippen molar-refractivity contribution < 1.29 is 31.9 Å². The van der Waals surface area contributed by atoms with Crippen LogP contribution in [0.1, 0.15) is 39.0 Å². The van der Waals surface area contributed by atoms with Gasteiger partial charge < -0.3 is 14.5 Å². The Morgan fingerprint density at radius 3 is 2.79 bits per heavy atom. The number of rotatable bonds is 5. The molecule has 4 rings (SSSR count). The number of aryl methyl sites for hydroxylation is 1. The van der Waals surface area contributed by atoms with Crippen LogP contribution in [0.4, 0.5) is 13.2 Å². The zero-order valence-corrected chi connectivity index (χ0v) is 18.0. The van der Waals surface area contributed by atoms with Gasteiger partial charge >= 0.3 is 12.1 Å². The largest absolute Gasteiger partial charge is 0.457 e. The smallest absolute Gasteiger partial charge is 0.425 e.